The Bertz CT molecular complexity index is 659. The molecule has 1 aliphatic heterocycles. The minimum Gasteiger partial charge on any atom is -0.490 e. The number of thiophene rings is 1. The van der Waals surface area contributed by atoms with Crippen LogP contribution in [0.5, 0.6) is 5.75 Å². The third-order valence-corrected chi connectivity index (χ3v) is 4.95. The minimum absolute atomic E-state index is 0.0982. The van der Waals surface area contributed by atoms with Crippen LogP contribution in [0.3, 0.4) is 0 Å². The monoisotopic (exact) mass is 342 g/mol. The number of ether oxygens (including phenoxy) is 1. The Morgan fingerprint density at radius 2 is 1.92 bits per heavy atom. The number of amides is 1. The molecule has 24 heavy (non-hydrogen) atoms. The number of carbonyl (C=O) groups is 1. The first-order valence-corrected chi connectivity index (χ1v) is 9.02. The Kier molecular flexibility index (Phi) is 5.67. The van der Waals surface area contributed by atoms with Crippen molar-refractivity contribution in [1.29, 1.82) is 0 Å². The van der Waals surface area contributed by atoms with E-state index in [9.17, 15) is 4.79 Å². The summed E-state index contributed by atoms with van der Waals surface area (Å²) in [5, 5.41) is 2.11. The molecule has 0 aliphatic carbocycles. The molecule has 2 aromatic rings. The van der Waals surface area contributed by atoms with Gasteiger partial charge in [0.15, 0.2) is 0 Å². The molecule has 1 fully saturated rings. The lowest BCUT2D eigenvalue weighted by Gasteiger charge is -2.34. The molecule has 0 radical (unpaired) electrons. The summed E-state index contributed by atoms with van der Waals surface area (Å²) in [6.45, 7) is 8.47. The molecule has 1 amide bonds. The van der Waals surface area contributed by atoms with Crippen molar-refractivity contribution in [1.82, 2.24) is 9.80 Å². The van der Waals surface area contributed by atoms with E-state index in [1.807, 2.05) is 29.2 Å². The Balaban J connectivity index is 1.52. The van der Waals surface area contributed by atoms with Crippen LogP contribution in [0.2, 0.25) is 0 Å². The molecule has 3 rings (SSSR count). The van der Waals surface area contributed by atoms with Crippen LogP contribution < -0.4 is 4.74 Å². The van der Waals surface area contributed by atoms with Gasteiger partial charge in [-0.15, -0.1) is 11.3 Å². The molecule has 1 saturated heterocycles. The number of piperazine rings is 1. The predicted molar refractivity (Wildman–Crippen MR) is 97.6 cm³/mol. The van der Waals surface area contributed by atoms with E-state index < -0.39 is 0 Å². The lowest BCUT2D eigenvalue weighted by atomic mass is 10.1. The van der Waals surface area contributed by atoms with Crippen LogP contribution in [0.4, 0.5) is 0 Å². The van der Waals surface area contributed by atoms with Gasteiger partial charge in [-0.1, -0.05) is 18.7 Å². The molecule has 4 nitrogen and oxygen atoms in total. The average molecular weight is 342 g/mol. The van der Waals surface area contributed by atoms with Gasteiger partial charge in [-0.25, -0.2) is 0 Å². The highest BCUT2D eigenvalue weighted by Gasteiger charge is 2.22. The first-order chi connectivity index (χ1) is 11.8. The van der Waals surface area contributed by atoms with Gasteiger partial charge in [0.1, 0.15) is 12.4 Å². The lowest BCUT2D eigenvalue weighted by molar-refractivity contribution is 0.0629. The maximum atomic E-state index is 12.6. The topological polar surface area (TPSA) is 32.8 Å². The molecule has 126 valence electrons. The first kappa shape index (κ1) is 16.7. The zero-order valence-corrected chi connectivity index (χ0v) is 14.5. The Morgan fingerprint density at radius 3 is 2.54 bits per heavy atom. The maximum absolute atomic E-state index is 12.6. The van der Waals surface area contributed by atoms with Gasteiger partial charge in [-0.3, -0.25) is 9.69 Å². The van der Waals surface area contributed by atoms with Crippen LogP contribution in [0.1, 0.15) is 15.2 Å². The molecule has 0 spiro atoms. The summed E-state index contributed by atoms with van der Waals surface area (Å²) in [4.78, 5) is 18.3. The van der Waals surface area contributed by atoms with E-state index in [-0.39, 0.29) is 5.91 Å². The molecular formula is C19H22N2O2S. The fourth-order valence-corrected chi connectivity index (χ4v) is 3.51. The van der Waals surface area contributed by atoms with Gasteiger partial charge in [-0.05, 0) is 35.7 Å². The van der Waals surface area contributed by atoms with Crippen molar-refractivity contribution in [3.63, 3.8) is 0 Å². The Morgan fingerprint density at radius 1 is 1.17 bits per heavy atom. The van der Waals surface area contributed by atoms with Crippen molar-refractivity contribution in [3.8, 4) is 5.75 Å². The van der Waals surface area contributed by atoms with E-state index in [0.29, 0.717) is 12.2 Å². The van der Waals surface area contributed by atoms with Crippen LogP contribution in [-0.2, 0) is 6.54 Å². The highest BCUT2D eigenvalue weighted by Crippen LogP contribution is 2.17. The van der Waals surface area contributed by atoms with Gasteiger partial charge >= 0.3 is 0 Å². The van der Waals surface area contributed by atoms with E-state index >= 15 is 0 Å². The summed E-state index contributed by atoms with van der Waals surface area (Å²) in [5.41, 5.74) is 0.715. The highest BCUT2D eigenvalue weighted by molar-refractivity contribution is 7.09. The molecule has 1 aromatic carbocycles. The standard InChI is InChI=1S/C19H22N2O2S/c1-2-13-23-17-7-5-16(6-8-17)19(22)21-11-9-20(10-12-21)15-18-4-3-14-24-18/h2-8,14H,1,9-13,15H2. The average Bonchev–Trinajstić information content (AvgIpc) is 3.13. The number of nitrogens with zero attached hydrogens (tertiary/aromatic N) is 2. The fraction of sp³-hybridized carbons (Fsp3) is 0.316. The Hall–Kier alpha value is -2.11. The number of hydrogen-bond acceptors (Lipinski definition) is 4. The highest BCUT2D eigenvalue weighted by atomic mass is 32.1. The molecule has 0 unspecified atom stereocenters. The van der Waals surface area contributed by atoms with E-state index in [0.717, 1.165) is 38.5 Å². The van der Waals surface area contributed by atoms with Gasteiger partial charge in [0, 0.05) is 43.2 Å². The van der Waals surface area contributed by atoms with Crippen molar-refractivity contribution in [3.05, 3.63) is 64.9 Å². The van der Waals surface area contributed by atoms with Crippen molar-refractivity contribution in [2.75, 3.05) is 32.8 Å². The first-order valence-electron chi connectivity index (χ1n) is 8.14. The van der Waals surface area contributed by atoms with Crippen molar-refractivity contribution < 1.29 is 9.53 Å². The van der Waals surface area contributed by atoms with E-state index in [2.05, 4.69) is 29.0 Å². The molecule has 1 aliphatic rings. The molecule has 5 heteroatoms. The second kappa shape index (κ2) is 8.13. The summed E-state index contributed by atoms with van der Waals surface area (Å²) in [6, 6.07) is 11.6. The van der Waals surface area contributed by atoms with Gasteiger partial charge in [-0.2, -0.15) is 0 Å². The lowest BCUT2D eigenvalue weighted by Crippen LogP contribution is -2.48. The van der Waals surface area contributed by atoms with Crippen LogP contribution in [0, 0.1) is 0 Å². The summed E-state index contributed by atoms with van der Waals surface area (Å²) < 4.78 is 5.45. The van der Waals surface area contributed by atoms with Crippen LogP contribution in [0.15, 0.2) is 54.4 Å². The summed E-state index contributed by atoms with van der Waals surface area (Å²) in [7, 11) is 0. The number of benzene rings is 1. The van der Waals surface area contributed by atoms with Crippen molar-refractivity contribution in [2.45, 2.75) is 6.54 Å². The summed E-state index contributed by atoms with van der Waals surface area (Å²) in [6.07, 6.45) is 1.70. The largest absolute Gasteiger partial charge is 0.490 e. The minimum atomic E-state index is 0.0982. The third kappa shape index (κ3) is 4.24. The van der Waals surface area contributed by atoms with Crippen LogP contribution in [-0.4, -0.2) is 48.5 Å². The van der Waals surface area contributed by atoms with Gasteiger partial charge in [0.2, 0.25) is 0 Å². The van der Waals surface area contributed by atoms with E-state index in [4.69, 9.17) is 4.74 Å². The number of hydrogen-bond donors (Lipinski definition) is 0. The second-order valence-corrected chi connectivity index (χ2v) is 6.80. The quantitative estimate of drug-likeness (QED) is 0.756. The molecule has 1 aromatic heterocycles. The number of rotatable bonds is 6. The molecule has 0 bridgehead atoms. The SMILES string of the molecule is C=CCOc1ccc(C(=O)N2CCN(Cc3cccs3)CC2)cc1. The van der Waals surface area contributed by atoms with Crippen molar-refractivity contribution >= 4 is 17.2 Å². The fourth-order valence-electron chi connectivity index (χ4n) is 2.76. The second-order valence-electron chi connectivity index (χ2n) is 5.77. The molecule has 0 N–H and O–H groups in total. The molecule has 0 atom stereocenters. The smallest absolute Gasteiger partial charge is 0.253 e. The number of carbonyl (C=O) groups excluding carboxylic acids is 1. The van der Waals surface area contributed by atoms with Crippen molar-refractivity contribution in [2.24, 2.45) is 0 Å². The van der Waals surface area contributed by atoms with E-state index in [1.165, 1.54) is 4.88 Å². The molecular weight excluding hydrogens is 320 g/mol. The summed E-state index contributed by atoms with van der Waals surface area (Å²) in [5.74, 6) is 0.855. The van der Waals surface area contributed by atoms with Crippen LogP contribution >= 0.6 is 11.3 Å². The van der Waals surface area contributed by atoms with E-state index in [1.54, 1.807) is 17.4 Å². The maximum Gasteiger partial charge on any atom is 0.253 e. The van der Waals surface area contributed by atoms with Gasteiger partial charge in [0.05, 0.1) is 0 Å². The molecule has 0 saturated carbocycles. The zero-order valence-electron chi connectivity index (χ0n) is 13.7. The normalized spacial score (nSPS) is 15.2. The molecule has 2 heterocycles. The third-order valence-electron chi connectivity index (χ3n) is 4.09. The Labute approximate surface area is 147 Å². The van der Waals surface area contributed by atoms with Gasteiger partial charge < -0.3 is 9.64 Å². The predicted octanol–water partition coefficient (Wildman–Crippen LogP) is 3.27. The van der Waals surface area contributed by atoms with Gasteiger partial charge in [0.25, 0.3) is 5.91 Å². The zero-order chi connectivity index (χ0) is 16.8. The van der Waals surface area contributed by atoms with Crippen LogP contribution in [0.25, 0.3) is 0 Å². The summed E-state index contributed by atoms with van der Waals surface area (Å²) >= 11 is 1.79.